The Morgan fingerprint density at radius 3 is 1.03 bits per heavy atom. The smallest absolute Gasteiger partial charge is 0.164 e. The van der Waals surface area contributed by atoms with Gasteiger partial charge in [-0.2, -0.15) is 0 Å². The summed E-state index contributed by atoms with van der Waals surface area (Å²) in [5, 5.41) is 2.30. The summed E-state index contributed by atoms with van der Waals surface area (Å²) in [4.78, 5) is 15.5. The molecule has 0 N–H and O–H groups in total. The van der Waals surface area contributed by atoms with Gasteiger partial charge in [0.15, 0.2) is 17.5 Å². The fraction of sp³-hybridized carbons (Fsp3) is 0. The molecule has 0 spiro atoms. The van der Waals surface area contributed by atoms with Crippen LogP contribution in [0.15, 0.2) is 255 Å². The molecule has 0 aliphatic rings. The number of rotatable bonds is 9. The number of fused-ring (bicyclic) bond motifs is 3. The van der Waals surface area contributed by atoms with Crippen molar-refractivity contribution >= 4 is 21.8 Å². The second-order valence-electron chi connectivity index (χ2n) is 16.9. The van der Waals surface area contributed by atoms with Gasteiger partial charge in [-0.1, -0.05) is 218 Å². The molecule has 4 heteroatoms. The first kappa shape index (κ1) is 39.6. The summed E-state index contributed by atoms with van der Waals surface area (Å²) in [6.07, 6.45) is 0. The molecule has 67 heavy (non-hydrogen) atoms. The Morgan fingerprint density at radius 2 is 0.552 bits per heavy atom. The van der Waals surface area contributed by atoms with Gasteiger partial charge >= 0.3 is 0 Å². The zero-order valence-electron chi connectivity index (χ0n) is 36.5. The molecule has 2 heterocycles. The summed E-state index contributed by atoms with van der Waals surface area (Å²) < 4.78 is 2.41. The van der Waals surface area contributed by atoms with Gasteiger partial charge < -0.3 is 4.57 Å². The molecule has 0 aliphatic carbocycles. The van der Waals surface area contributed by atoms with Crippen LogP contribution >= 0.6 is 0 Å². The number of hydrogen-bond acceptors (Lipinski definition) is 3. The zero-order chi connectivity index (χ0) is 44.5. The van der Waals surface area contributed by atoms with Crippen molar-refractivity contribution in [2.75, 3.05) is 0 Å². The monoisotopic (exact) mass is 854 g/mol. The second-order valence-corrected chi connectivity index (χ2v) is 16.9. The molecule has 0 unspecified atom stereocenters. The van der Waals surface area contributed by atoms with Crippen molar-refractivity contribution in [1.29, 1.82) is 0 Å². The van der Waals surface area contributed by atoms with E-state index in [0.29, 0.717) is 17.5 Å². The highest BCUT2D eigenvalue weighted by molar-refractivity contribution is 6.11. The van der Waals surface area contributed by atoms with Crippen LogP contribution in [0.2, 0.25) is 0 Å². The molecule has 0 fully saturated rings. The Bertz CT molecular complexity index is 3620. The molecule has 0 bridgehead atoms. The first-order valence-electron chi connectivity index (χ1n) is 22.7. The van der Waals surface area contributed by atoms with E-state index in [4.69, 9.17) is 15.0 Å². The van der Waals surface area contributed by atoms with E-state index in [1.54, 1.807) is 0 Å². The maximum atomic E-state index is 5.22. The number of nitrogens with zero attached hydrogens (tertiary/aromatic N) is 4. The van der Waals surface area contributed by atoms with Crippen LogP contribution < -0.4 is 0 Å². The summed E-state index contributed by atoms with van der Waals surface area (Å²) >= 11 is 0. The number of aromatic nitrogens is 4. The average molecular weight is 855 g/mol. The molecule has 12 rings (SSSR count). The van der Waals surface area contributed by atoms with Crippen LogP contribution in [-0.4, -0.2) is 19.5 Å². The summed E-state index contributed by atoms with van der Waals surface area (Å²) in [7, 11) is 0. The summed E-state index contributed by atoms with van der Waals surface area (Å²) in [5.41, 5.74) is 17.6. The van der Waals surface area contributed by atoms with E-state index in [-0.39, 0.29) is 0 Å². The topological polar surface area (TPSA) is 43.6 Å². The fourth-order valence-electron chi connectivity index (χ4n) is 9.23. The van der Waals surface area contributed by atoms with E-state index in [2.05, 4.69) is 235 Å². The third kappa shape index (κ3) is 7.77. The normalized spacial score (nSPS) is 11.3. The summed E-state index contributed by atoms with van der Waals surface area (Å²) in [6.45, 7) is 0. The number of benzene rings is 10. The van der Waals surface area contributed by atoms with E-state index < -0.39 is 0 Å². The highest BCUT2D eigenvalue weighted by atomic mass is 15.0. The molecule has 0 aliphatic heterocycles. The van der Waals surface area contributed by atoms with Crippen molar-refractivity contribution in [3.63, 3.8) is 0 Å². The lowest BCUT2D eigenvalue weighted by Gasteiger charge is -2.15. The molecular weight excluding hydrogens is 813 g/mol. The average Bonchev–Trinajstić information content (AvgIpc) is 3.75. The molecular formula is C63H42N4. The van der Waals surface area contributed by atoms with Crippen molar-refractivity contribution in [3.05, 3.63) is 255 Å². The van der Waals surface area contributed by atoms with Gasteiger partial charge in [0.2, 0.25) is 0 Å². The third-order valence-corrected chi connectivity index (χ3v) is 12.7. The Labute approximate surface area is 389 Å². The summed E-state index contributed by atoms with van der Waals surface area (Å²) in [6, 6.07) is 90.3. The van der Waals surface area contributed by atoms with Crippen LogP contribution in [-0.2, 0) is 0 Å². The lowest BCUT2D eigenvalue weighted by Crippen LogP contribution is -2.00. The fourth-order valence-corrected chi connectivity index (χ4v) is 9.23. The van der Waals surface area contributed by atoms with E-state index in [1.165, 1.54) is 16.7 Å². The predicted octanol–water partition coefficient (Wildman–Crippen LogP) is 16.3. The van der Waals surface area contributed by atoms with Crippen LogP contribution in [0.1, 0.15) is 0 Å². The minimum Gasteiger partial charge on any atom is -0.309 e. The van der Waals surface area contributed by atoms with E-state index in [0.717, 1.165) is 83.1 Å². The van der Waals surface area contributed by atoms with Gasteiger partial charge in [0, 0.05) is 33.2 Å². The lowest BCUT2D eigenvalue weighted by atomic mass is 9.98. The molecule has 12 aromatic rings. The Kier molecular flexibility index (Phi) is 10.2. The maximum Gasteiger partial charge on any atom is 0.164 e. The van der Waals surface area contributed by atoms with Gasteiger partial charge in [-0.25, -0.2) is 15.0 Å². The predicted molar refractivity (Wildman–Crippen MR) is 278 cm³/mol. The highest BCUT2D eigenvalue weighted by Gasteiger charge is 2.19. The quantitative estimate of drug-likeness (QED) is 0.145. The first-order chi connectivity index (χ1) is 33.2. The van der Waals surface area contributed by atoms with Crippen molar-refractivity contribution in [2.45, 2.75) is 0 Å². The molecule has 0 saturated heterocycles. The van der Waals surface area contributed by atoms with Crippen molar-refractivity contribution in [3.8, 4) is 95.5 Å². The SMILES string of the molecule is c1ccc(-c2ccc(-c3ccc4c(c3)c3ccc(-c5nc(-c6ccccc6)nc(-c6ccc(-c7ccccc7)cc6)n5)cc3n4-c3cc(-c4ccccc4)cc(-c4ccccc4)c3)cc2)cc1. The Hall–Kier alpha value is -8.99. The summed E-state index contributed by atoms with van der Waals surface area (Å²) in [5.74, 6) is 1.85. The van der Waals surface area contributed by atoms with E-state index in [1.807, 2.05) is 24.3 Å². The van der Waals surface area contributed by atoms with Gasteiger partial charge in [-0.05, 0) is 92.0 Å². The molecule has 0 atom stereocenters. The molecule has 10 aromatic carbocycles. The van der Waals surface area contributed by atoms with Crippen LogP contribution in [0.4, 0.5) is 0 Å². The van der Waals surface area contributed by atoms with Crippen molar-refractivity contribution in [1.82, 2.24) is 19.5 Å². The largest absolute Gasteiger partial charge is 0.309 e. The van der Waals surface area contributed by atoms with Crippen LogP contribution in [0, 0.1) is 0 Å². The van der Waals surface area contributed by atoms with Crippen LogP contribution in [0.5, 0.6) is 0 Å². The van der Waals surface area contributed by atoms with Crippen LogP contribution in [0.25, 0.3) is 117 Å². The lowest BCUT2D eigenvalue weighted by molar-refractivity contribution is 1.07. The molecule has 0 amide bonds. The zero-order valence-corrected chi connectivity index (χ0v) is 36.5. The van der Waals surface area contributed by atoms with Crippen molar-refractivity contribution in [2.24, 2.45) is 0 Å². The molecule has 314 valence electrons. The molecule has 0 saturated carbocycles. The van der Waals surface area contributed by atoms with Gasteiger partial charge in [0.25, 0.3) is 0 Å². The van der Waals surface area contributed by atoms with E-state index >= 15 is 0 Å². The third-order valence-electron chi connectivity index (χ3n) is 12.7. The maximum absolute atomic E-state index is 5.22. The highest BCUT2D eigenvalue weighted by Crippen LogP contribution is 2.40. The molecule has 4 nitrogen and oxygen atoms in total. The van der Waals surface area contributed by atoms with E-state index in [9.17, 15) is 0 Å². The Morgan fingerprint density at radius 1 is 0.209 bits per heavy atom. The molecule has 0 radical (unpaired) electrons. The first-order valence-corrected chi connectivity index (χ1v) is 22.7. The molecule has 2 aromatic heterocycles. The van der Waals surface area contributed by atoms with Crippen molar-refractivity contribution < 1.29 is 0 Å². The van der Waals surface area contributed by atoms with Gasteiger partial charge in [0.1, 0.15) is 0 Å². The minimum absolute atomic E-state index is 0.608. The second kappa shape index (κ2) is 17.2. The Balaban J connectivity index is 1.06. The van der Waals surface area contributed by atoms with Gasteiger partial charge in [-0.15, -0.1) is 0 Å². The number of hydrogen-bond donors (Lipinski definition) is 0. The van der Waals surface area contributed by atoms with Gasteiger partial charge in [0.05, 0.1) is 11.0 Å². The minimum atomic E-state index is 0.608. The van der Waals surface area contributed by atoms with Crippen LogP contribution in [0.3, 0.4) is 0 Å². The standard InChI is InChI=1S/C63H42N4/c1-6-16-43(17-7-1)47-26-28-49(29-27-47)52-35-37-59-58(41-52)57-36-34-53(42-60(57)67(59)56-39-54(45-20-10-3-11-21-45)38-55(40-56)46-22-12-4-13-23-46)63-65-61(50-24-14-5-15-25-50)64-62(66-63)51-32-30-48(31-33-51)44-18-8-2-9-19-44/h1-42H. The van der Waals surface area contributed by atoms with Gasteiger partial charge in [-0.3, -0.25) is 0 Å².